The number of ketones is 1. The first kappa shape index (κ1) is 39.8. The summed E-state index contributed by atoms with van der Waals surface area (Å²) in [5, 5.41) is 8.80. The summed E-state index contributed by atoms with van der Waals surface area (Å²) in [4.78, 5) is 82.6. The van der Waals surface area contributed by atoms with Crippen molar-refractivity contribution in [1.82, 2.24) is 9.80 Å². The number of carboxylic acids is 1. The van der Waals surface area contributed by atoms with Gasteiger partial charge in [-0.2, -0.15) is 9.89 Å². The quantitative estimate of drug-likeness (QED) is 0.139. The molecule has 48 heavy (non-hydrogen) atoms. The van der Waals surface area contributed by atoms with Crippen molar-refractivity contribution in [3.8, 4) is 0 Å². The Balaban J connectivity index is 2.32. The molecule has 14 heteroatoms. The van der Waals surface area contributed by atoms with Crippen LogP contribution in [0.1, 0.15) is 97.5 Å². The molecule has 266 valence electrons. The van der Waals surface area contributed by atoms with Crippen LogP contribution in [0.3, 0.4) is 0 Å². The maximum atomic E-state index is 13.3. The number of ether oxygens (including phenoxy) is 4. The van der Waals surface area contributed by atoms with Crippen molar-refractivity contribution >= 4 is 41.8 Å². The van der Waals surface area contributed by atoms with E-state index >= 15 is 0 Å². The standard InChI is InChI=1S/C34H49N3O11/c1-21(2)19-46-31(43)37(32(44)48-34(7,8)9)28(35-30(42)47-33(4,5)6)24-12-10-23(11-13-24)26(38)18-22(3)29(41)36-16-14-25(15-17-36)45-20-27(39)40/h10-13,21-22,25H,14-20H2,1-9H3,(H,39,40)/t22-/m1/s1. The first-order chi connectivity index (χ1) is 22.2. The zero-order valence-electron chi connectivity index (χ0n) is 29.4. The Kier molecular flexibility index (Phi) is 14.3. The molecule has 1 aromatic rings. The maximum Gasteiger partial charge on any atom is 0.436 e. The molecule has 14 nitrogen and oxygen atoms in total. The highest BCUT2D eigenvalue weighted by atomic mass is 16.6. The molecule has 0 saturated carbocycles. The van der Waals surface area contributed by atoms with Gasteiger partial charge in [0, 0.05) is 36.6 Å². The van der Waals surface area contributed by atoms with Gasteiger partial charge in [-0.3, -0.25) is 9.59 Å². The lowest BCUT2D eigenvalue weighted by molar-refractivity contribution is -0.147. The Morgan fingerprint density at radius 2 is 1.42 bits per heavy atom. The van der Waals surface area contributed by atoms with E-state index in [9.17, 15) is 28.8 Å². The molecule has 1 atom stereocenters. The Bertz CT molecular complexity index is 1350. The zero-order chi connectivity index (χ0) is 36.4. The normalized spacial score (nSPS) is 15.0. The fourth-order valence-electron chi connectivity index (χ4n) is 4.50. The molecular formula is C34H49N3O11. The van der Waals surface area contributed by atoms with Crippen LogP contribution in [0, 0.1) is 11.8 Å². The molecule has 0 aliphatic carbocycles. The van der Waals surface area contributed by atoms with Gasteiger partial charge >= 0.3 is 24.2 Å². The second-order valence-electron chi connectivity index (χ2n) is 14.0. The molecule has 1 aliphatic heterocycles. The van der Waals surface area contributed by atoms with Gasteiger partial charge in [-0.05, 0) is 60.3 Å². The van der Waals surface area contributed by atoms with Gasteiger partial charge in [0.15, 0.2) is 11.6 Å². The fourth-order valence-corrected chi connectivity index (χ4v) is 4.50. The minimum absolute atomic E-state index is 0.0291. The van der Waals surface area contributed by atoms with Crippen LogP contribution in [0.15, 0.2) is 29.3 Å². The van der Waals surface area contributed by atoms with Crippen molar-refractivity contribution in [3.05, 3.63) is 35.4 Å². The zero-order valence-corrected chi connectivity index (χ0v) is 29.4. The second-order valence-corrected chi connectivity index (χ2v) is 14.0. The lowest BCUT2D eigenvalue weighted by atomic mass is 9.96. The number of carbonyl (C=O) groups excluding carboxylic acids is 5. The average molecular weight is 676 g/mol. The van der Waals surface area contributed by atoms with Gasteiger partial charge in [0.25, 0.3) is 0 Å². The predicted molar refractivity (Wildman–Crippen MR) is 175 cm³/mol. The highest BCUT2D eigenvalue weighted by Gasteiger charge is 2.35. The minimum Gasteiger partial charge on any atom is -0.480 e. The number of piperidine rings is 1. The first-order valence-electron chi connectivity index (χ1n) is 15.9. The minimum atomic E-state index is -1.14. The first-order valence-corrected chi connectivity index (χ1v) is 15.9. The van der Waals surface area contributed by atoms with E-state index in [0.717, 1.165) is 0 Å². The number of benzene rings is 1. The van der Waals surface area contributed by atoms with Gasteiger partial charge < -0.3 is 29.0 Å². The number of amidine groups is 1. The van der Waals surface area contributed by atoms with Crippen molar-refractivity contribution in [2.24, 2.45) is 16.8 Å². The van der Waals surface area contributed by atoms with E-state index in [1.807, 2.05) is 13.8 Å². The van der Waals surface area contributed by atoms with Gasteiger partial charge in [0.05, 0.1) is 12.7 Å². The van der Waals surface area contributed by atoms with Crippen molar-refractivity contribution in [2.45, 2.75) is 98.9 Å². The summed E-state index contributed by atoms with van der Waals surface area (Å²) in [6.45, 7) is 15.4. The monoisotopic (exact) mass is 675 g/mol. The lowest BCUT2D eigenvalue weighted by Gasteiger charge is -2.33. The molecule has 0 spiro atoms. The van der Waals surface area contributed by atoms with Crippen LogP contribution in [0.25, 0.3) is 0 Å². The number of imide groups is 1. The molecule has 0 aromatic heterocycles. The smallest absolute Gasteiger partial charge is 0.436 e. The highest BCUT2D eigenvalue weighted by Crippen LogP contribution is 2.21. The van der Waals surface area contributed by atoms with E-state index in [4.69, 9.17) is 24.1 Å². The topological polar surface area (TPSA) is 178 Å². The van der Waals surface area contributed by atoms with Crippen LogP contribution in [-0.2, 0) is 28.5 Å². The number of hydrogen-bond donors (Lipinski definition) is 1. The van der Waals surface area contributed by atoms with Crippen LogP contribution < -0.4 is 0 Å². The number of Topliss-reactive ketones (excluding diaryl/α,β-unsaturated/α-hetero) is 1. The van der Waals surface area contributed by atoms with Crippen LogP contribution in [0.4, 0.5) is 14.4 Å². The van der Waals surface area contributed by atoms with Crippen molar-refractivity contribution in [1.29, 1.82) is 0 Å². The van der Waals surface area contributed by atoms with Crippen LogP contribution in [-0.4, -0.2) is 100 Å². The summed E-state index contributed by atoms with van der Waals surface area (Å²) in [6, 6.07) is 5.71. The molecule has 1 fully saturated rings. The fraction of sp³-hybridized carbons (Fsp3) is 0.618. The number of amides is 4. The van der Waals surface area contributed by atoms with Crippen LogP contribution in [0.5, 0.6) is 0 Å². The molecule has 1 aromatic carbocycles. The molecule has 4 amide bonds. The lowest BCUT2D eigenvalue weighted by Crippen LogP contribution is -2.46. The molecule has 2 rings (SSSR count). The third-order valence-corrected chi connectivity index (χ3v) is 6.68. The Labute approximate surface area is 281 Å². The molecule has 0 radical (unpaired) electrons. The summed E-state index contributed by atoms with van der Waals surface area (Å²) in [7, 11) is 0. The number of hydrogen-bond acceptors (Lipinski definition) is 10. The summed E-state index contributed by atoms with van der Waals surface area (Å²) < 4.78 is 21.4. The van der Waals surface area contributed by atoms with Crippen LogP contribution in [0.2, 0.25) is 0 Å². The summed E-state index contributed by atoms with van der Waals surface area (Å²) >= 11 is 0. The SMILES string of the molecule is CC(C)COC(=O)N(C(=O)OC(C)(C)C)C(=NC(=O)OC(C)(C)C)c1ccc(C(=O)C[C@@H](C)C(=O)N2CCC(OCC(=O)O)CC2)cc1. The third kappa shape index (κ3) is 13.4. The number of aliphatic imine (C=N–C) groups is 1. The second kappa shape index (κ2) is 17.2. The predicted octanol–water partition coefficient (Wildman–Crippen LogP) is 5.70. The average Bonchev–Trinajstić information content (AvgIpc) is 2.96. The van der Waals surface area contributed by atoms with Crippen LogP contribution >= 0.6 is 0 Å². The number of nitrogens with zero attached hydrogens (tertiary/aromatic N) is 3. The van der Waals surface area contributed by atoms with E-state index in [1.165, 1.54) is 24.3 Å². The largest absolute Gasteiger partial charge is 0.480 e. The van der Waals surface area contributed by atoms with E-state index in [1.54, 1.807) is 53.4 Å². The maximum absolute atomic E-state index is 13.3. The Morgan fingerprint density at radius 1 is 0.875 bits per heavy atom. The molecule has 1 aliphatic rings. The molecular weight excluding hydrogens is 626 g/mol. The summed E-state index contributed by atoms with van der Waals surface area (Å²) in [5.41, 5.74) is -1.59. The van der Waals surface area contributed by atoms with Gasteiger partial charge in [-0.25, -0.2) is 19.2 Å². The number of carbonyl (C=O) groups is 6. The number of carboxylic acid groups (broad SMARTS) is 1. The number of likely N-dealkylation sites (tertiary alicyclic amines) is 1. The Hall–Kier alpha value is -4.33. The molecule has 1 heterocycles. The Morgan fingerprint density at radius 3 is 1.92 bits per heavy atom. The third-order valence-electron chi connectivity index (χ3n) is 6.68. The van der Waals surface area contributed by atoms with E-state index in [-0.39, 0.29) is 47.9 Å². The molecule has 1 saturated heterocycles. The highest BCUT2D eigenvalue weighted by molar-refractivity contribution is 6.18. The molecule has 1 N–H and O–H groups in total. The van der Waals surface area contributed by atoms with Gasteiger partial charge in [-0.1, -0.05) is 45.0 Å². The molecule has 0 bridgehead atoms. The summed E-state index contributed by atoms with van der Waals surface area (Å²) in [6.07, 6.45) is -2.66. The van der Waals surface area contributed by atoms with Gasteiger partial charge in [0.2, 0.25) is 5.91 Å². The van der Waals surface area contributed by atoms with Crippen molar-refractivity contribution in [2.75, 3.05) is 26.3 Å². The van der Waals surface area contributed by atoms with Gasteiger partial charge in [-0.15, -0.1) is 0 Å². The number of rotatable bonds is 10. The van der Waals surface area contributed by atoms with Crippen molar-refractivity contribution in [3.63, 3.8) is 0 Å². The summed E-state index contributed by atoms with van der Waals surface area (Å²) in [5.74, 6) is -2.69. The van der Waals surface area contributed by atoms with E-state index in [0.29, 0.717) is 30.8 Å². The van der Waals surface area contributed by atoms with E-state index < -0.39 is 53.8 Å². The molecule has 0 unspecified atom stereocenters. The van der Waals surface area contributed by atoms with Gasteiger partial charge in [0.1, 0.15) is 17.8 Å². The number of aliphatic carboxylic acids is 1. The van der Waals surface area contributed by atoms with E-state index in [2.05, 4.69) is 4.99 Å². The van der Waals surface area contributed by atoms with Crippen molar-refractivity contribution < 1.29 is 52.8 Å².